The minimum atomic E-state index is -0.715. The van der Waals surface area contributed by atoms with E-state index in [0.29, 0.717) is 11.1 Å². The molecule has 0 spiro atoms. The Kier molecular flexibility index (Phi) is 3.88. The summed E-state index contributed by atoms with van der Waals surface area (Å²) < 4.78 is 27.5. The van der Waals surface area contributed by atoms with Gasteiger partial charge in [0.1, 0.15) is 11.6 Å². The van der Waals surface area contributed by atoms with Gasteiger partial charge in [0.2, 0.25) is 0 Å². The molecule has 1 nitrogen and oxygen atoms in total. The lowest BCUT2D eigenvalue weighted by atomic mass is 9.94. The van der Waals surface area contributed by atoms with Crippen molar-refractivity contribution in [2.75, 3.05) is 0 Å². The lowest BCUT2D eigenvalue weighted by molar-refractivity contribution is 0.592. The van der Waals surface area contributed by atoms with Crippen LogP contribution in [-0.4, -0.2) is 0 Å². The maximum atomic E-state index is 14.0. The summed E-state index contributed by atoms with van der Waals surface area (Å²) in [5.41, 5.74) is 8.49. The van der Waals surface area contributed by atoms with Crippen LogP contribution in [0, 0.1) is 25.5 Å². The lowest BCUT2D eigenvalue weighted by Crippen LogP contribution is -2.15. The molecule has 0 aliphatic rings. The van der Waals surface area contributed by atoms with Gasteiger partial charge in [0.15, 0.2) is 0 Å². The standard InChI is InChI=1S/C15H14ClF2N/c1-8-5-9(2)14(13(18)6-8)15(19)10-3-4-11(16)12(17)7-10/h3-7,15H,19H2,1-2H3. The molecule has 0 radical (unpaired) electrons. The Morgan fingerprint density at radius 2 is 1.74 bits per heavy atom. The zero-order valence-electron chi connectivity index (χ0n) is 10.7. The molecule has 0 aliphatic carbocycles. The summed E-state index contributed by atoms with van der Waals surface area (Å²) >= 11 is 5.62. The number of aryl methyl sites for hydroxylation is 2. The largest absolute Gasteiger partial charge is 0.320 e. The van der Waals surface area contributed by atoms with Crippen molar-refractivity contribution in [2.45, 2.75) is 19.9 Å². The zero-order chi connectivity index (χ0) is 14.2. The SMILES string of the molecule is Cc1cc(C)c(C(N)c2ccc(Cl)c(F)c2)c(F)c1. The van der Waals surface area contributed by atoms with Crippen LogP contribution in [0.3, 0.4) is 0 Å². The Morgan fingerprint density at radius 3 is 2.32 bits per heavy atom. The van der Waals surface area contributed by atoms with Gasteiger partial charge >= 0.3 is 0 Å². The van der Waals surface area contributed by atoms with Gasteiger partial charge < -0.3 is 5.73 Å². The summed E-state index contributed by atoms with van der Waals surface area (Å²) in [4.78, 5) is 0. The summed E-state index contributed by atoms with van der Waals surface area (Å²) in [5, 5.41) is 0.0250. The molecule has 0 heterocycles. The molecule has 100 valence electrons. The van der Waals surface area contributed by atoms with E-state index in [9.17, 15) is 8.78 Å². The molecule has 0 saturated carbocycles. The molecular formula is C15H14ClF2N. The highest BCUT2D eigenvalue weighted by atomic mass is 35.5. The normalized spacial score (nSPS) is 12.5. The van der Waals surface area contributed by atoms with E-state index in [2.05, 4.69) is 0 Å². The van der Waals surface area contributed by atoms with Crippen LogP contribution in [0.5, 0.6) is 0 Å². The van der Waals surface area contributed by atoms with Crippen molar-refractivity contribution in [3.05, 3.63) is 69.2 Å². The Bertz CT molecular complexity index is 603. The summed E-state index contributed by atoms with van der Waals surface area (Å²) in [6.07, 6.45) is 0. The van der Waals surface area contributed by atoms with Gasteiger partial charge in [-0.3, -0.25) is 0 Å². The highest BCUT2D eigenvalue weighted by molar-refractivity contribution is 6.30. The first-order valence-corrected chi connectivity index (χ1v) is 6.25. The highest BCUT2D eigenvalue weighted by Crippen LogP contribution is 2.28. The lowest BCUT2D eigenvalue weighted by Gasteiger charge is -2.17. The van der Waals surface area contributed by atoms with Crippen molar-refractivity contribution in [1.82, 2.24) is 0 Å². The van der Waals surface area contributed by atoms with E-state index in [4.69, 9.17) is 17.3 Å². The average molecular weight is 282 g/mol. The highest BCUT2D eigenvalue weighted by Gasteiger charge is 2.17. The van der Waals surface area contributed by atoms with Gasteiger partial charge in [-0.25, -0.2) is 8.78 Å². The fraction of sp³-hybridized carbons (Fsp3) is 0.200. The Hall–Kier alpha value is -1.45. The number of hydrogen-bond acceptors (Lipinski definition) is 1. The third-order valence-electron chi connectivity index (χ3n) is 3.09. The van der Waals surface area contributed by atoms with Crippen LogP contribution < -0.4 is 5.73 Å². The number of hydrogen-bond donors (Lipinski definition) is 1. The molecule has 2 N–H and O–H groups in total. The zero-order valence-corrected chi connectivity index (χ0v) is 11.4. The van der Waals surface area contributed by atoms with Gasteiger partial charge in [-0.2, -0.15) is 0 Å². The fourth-order valence-corrected chi connectivity index (χ4v) is 2.31. The van der Waals surface area contributed by atoms with Crippen LogP contribution >= 0.6 is 11.6 Å². The molecule has 19 heavy (non-hydrogen) atoms. The van der Waals surface area contributed by atoms with Crippen LogP contribution in [-0.2, 0) is 0 Å². The summed E-state index contributed by atoms with van der Waals surface area (Å²) in [6.45, 7) is 3.60. The summed E-state index contributed by atoms with van der Waals surface area (Å²) in [6, 6.07) is 6.83. The van der Waals surface area contributed by atoms with Gasteiger partial charge in [0.05, 0.1) is 11.1 Å². The van der Waals surface area contributed by atoms with Crippen LogP contribution in [0.15, 0.2) is 30.3 Å². The van der Waals surface area contributed by atoms with Gasteiger partial charge in [0.25, 0.3) is 0 Å². The number of halogens is 3. The third-order valence-corrected chi connectivity index (χ3v) is 3.40. The third kappa shape index (κ3) is 2.77. The van der Waals surface area contributed by atoms with E-state index in [-0.39, 0.29) is 10.8 Å². The molecule has 2 aromatic rings. The van der Waals surface area contributed by atoms with E-state index in [1.54, 1.807) is 13.0 Å². The maximum absolute atomic E-state index is 14.0. The molecule has 0 aromatic heterocycles. The second-order valence-electron chi connectivity index (χ2n) is 4.63. The molecule has 1 unspecified atom stereocenters. The summed E-state index contributed by atoms with van der Waals surface area (Å²) in [5.74, 6) is -0.930. The molecule has 2 rings (SSSR count). The molecule has 1 atom stereocenters. The van der Waals surface area contributed by atoms with Crippen LogP contribution in [0.2, 0.25) is 5.02 Å². The first-order chi connectivity index (χ1) is 8.90. The number of benzene rings is 2. The van der Waals surface area contributed by atoms with E-state index in [0.717, 1.165) is 11.1 Å². The molecule has 0 saturated heterocycles. The van der Waals surface area contributed by atoms with E-state index in [1.807, 2.05) is 13.0 Å². The molecule has 0 aliphatic heterocycles. The van der Waals surface area contributed by atoms with Crippen molar-refractivity contribution in [2.24, 2.45) is 5.73 Å². The van der Waals surface area contributed by atoms with E-state index < -0.39 is 11.9 Å². The quantitative estimate of drug-likeness (QED) is 0.873. The van der Waals surface area contributed by atoms with Crippen molar-refractivity contribution in [3.8, 4) is 0 Å². The molecule has 0 fully saturated rings. The van der Waals surface area contributed by atoms with Gasteiger partial charge in [-0.15, -0.1) is 0 Å². The van der Waals surface area contributed by atoms with Gasteiger partial charge in [0, 0.05) is 5.56 Å². The molecule has 0 amide bonds. The average Bonchev–Trinajstić information content (AvgIpc) is 2.31. The topological polar surface area (TPSA) is 26.0 Å². The minimum Gasteiger partial charge on any atom is -0.320 e. The Labute approximate surface area is 116 Å². The van der Waals surface area contributed by atoms with Crippen LogP contribution in [0.4, 0.5) is 8.78 Å². The monoisotopic (exact) mass is 281 g/mol. The minimum absolute atomic E-state index is 0.0250. The van der Waals surface area contributed by atoms with Crippen molar-refractivity contribution < 1.29 is 8.78 Å². The second kappa shape index (κ2) is 5.27. The van der Waals surface area contributed by atoms with Crippen LogP contribution in [0.1, 0.15) is 28.3 Å². The summed E-state index contributed by atoms with van der Waals surface area (Å²) in [7, 11) is 0. The first kappa shape index (κ1) is 14.0. The predicted octanol–water partition coefficient (Wildman–Crippen LogP) is 4.28. The molecule has 0 bridgehead atoms. The van der Waals surface area contributed by atoms with Crippen molar-refractivity contribution in [1.29, 1.82) is 0 Å². The predicted molar refractivity (Wildman–Crippen MR) is 73.3 cm³/mol. The Morgan fingerprint density at radius 1 is 1.05 bits per heavy atom. The second-order valence-corrected chi connectivity index (χ2v) is 5.04. The number of rotatable bonds is 2. The smallest absolute Gasteiger partial charge is 0.142 e. The molecule has 2 aromatic carbocycles. The Balaban J connectivity index is 2.49. The van der Waals surface area contributed by atoms with Gasteiger partial charge in [-0.1, -0.05) is 23.7 Å². The van der Waals surface area contributed by atoms with E-state index in [1.165, 1.54) is 18.2 Å². The van der Waals surface area contributed by atoms with Crippen molar-refractivity contribution >= 4 is 11.6 Å². The maximum Gasteiger partial charge on any atom is 0.142 e. The van der Waals surface area contributed by atoms with Crippen LogP contribution in [0.25, 0.3) is 0 Å². The van der Waals surface area contributed by atoms with E-state index >= 15 is 0 Å². The van der Waals surface area contributed by atoms with Crippen molar-refractivity contribution in [3.63, 3.8) is 0 Å². The molecular weight excluding hydrogens is 268 g/mol. The molecule has 4 heteroatoms. The fourth-order valence-electron chi connectivity index (χ4n) is 2.19. The van der Waals surface area contributed by atoms with Gasteiger partial charge in [-0.05, 0) is 48.7 Å². The first-order valence-electron chi connectivity index (χ1n) is 5.87. The number of nitrogens with two attached hydrogens (primary N) is 1.